The second kappa shape index (κ2) is 16.4. The highest BCUT2D eigenvalue weighted by molar-refractivity contribution is 6.30. The van der Waals surface area contributed by atoms with Crippen molar-refractivity contribution >= 4 is 17.6 Å². The number of piperidine rings is 1. The molecule has 2 aromatic rings. The van der Waals surface area contributed by atoms with E-state index in [0.717, 1.165) is 38.2 Å². The molecule has 2 aliphatic heterocycles. The van der Waals surface area contributed by atoms with Crippen molar-refractivity contribution in [2.24, 2.45) is 0 Å². The molecule has 0 aromatic heterocycles. The van der Waals surface area contributed by atoms with Crippen LogP contribution in [-0.2, 0) is 9.53 Å². The van der Waals surface area contributed by atoms with Gasteiger partial charge in [0.1, 0.15) is 11.9 Å². The Labute approximate surface area is 283 Å². The first kappa shape index (κ1) is 37.6. The van der Waals surface area contributed by atoms with Gasteiger partial charge in [0, 0.05) is 49.8 Å². The standard InChI is InChI=1S/C36H51ClF4N4O2/c1-7-47-35(46)34(29-10-11-31(38)26(5)33(29)27-12-16-43(17-13-27)23-36(39,40)41)42(6)15-14-32(30-22-28(37)9-8-25(30)4)45-20-18-44(19-21-45)24(2)3/h8-11,22,24,27,32,34H,7,12-21,23H2,1-6H3/t32-,34?/m0/s1. The van der Waals surface area contributed by atoms with Crippen LogP contribution in [0.15, 0.2) is 30.3 Å². The third-order valence-electron chi connectivity index (χ3n) is 10.0. The molecule has 0 bridgehead atoms. The summed E-state index contributed by atoms with van der Waals surface area (Å²) in [4.78, 5) is 22.1. The Kier molecular flexibility index (Phi) is 13.1. The Morgan fingerprint density at radius 1 is 1.00 bits per heavy atom. The summed E-state index contributed by atoms with van der Waals surface area (Å²) in [6.07, 6.45) is -2.65. The van der Waals surface area contributed by atoms with E-state index in [-0.39, 0.29) is 37.5 Å². The molecule has 0 amide bonds. The molecule has 4 rings (SSSR count). The molecule has 0 N–H and O–H groups in total. The summed E-state index contributed by atoms with van der Waals surface area (Å²) in [6, 6.07) is 8.81. The first-order valence-electron chi connectivity index (χ1n) is 16.9. The number of esters is 1. The SMILES string of the molecule is CCOC(=O)C(c1ccc(F)c(C)c1C1CCN(CC(F)(F)F)CC1)N(C)CC[C@@H](c1cc(Cl)ccc1C)N1CCN(C(C)C)CC1. The molecule has 0 aliphatic carbocycles. The highest BCUT2D eigenvalue weighted by Crippen LogP contribution is 2.39. The van der Waals surface area contributed by atoms with Crippen molar-refractivity contribution in [2.45, 2.75) is 84.1 Å². The predicted molar refractivity (Wildman–Crippen MR) is 179 cm³/mol. The van der Waals surface area contributed by atoms with Crippen LogP contribution in [0.4, 0.5) is 17.6 Å². The van der Waals surface area contributed by atoms with Gasteiger partial charge in [-0.25, -0.2) is 9.18 Å². The van der Waals surface area contributed by atoms with Crippen LogP contribution in [0.25, 0.3) is 0 Å². The lowest BCUT2D eigenvalue weighted by molar-refractivity contribution is -0.150. The summed E-state index contributed by atoms with van der Waals surface area (Å²) in [6.45, 7) is 14.0. The number of hydrogen-bond acceptors (Lipinski definition) is 6. The number of carbonyl (C=O) groups is 1. The minimum Gasteiger partial charge on any atom is -0.465 e. The van der Waals surface area contributed by atoms with Gasteiger partial charge in [-0.1, -0.05) is 23.7 Å². The molecular formula is C36H51ClF4N4O2. The topological polar surface area (TPSA) is 39.3 Å². The normalized spacial score (nSPS) is 19.0. The van der Waals surface area contributed by atoms with Crippen molar-refractivity contribution in [3.63, 3.8) is 0 Å². The number of likely N-dealkylation sites (N-methyl/N-ethyl adjacent to an activating group) is 1. The molecule has 11 heteroatoms. The van der Waals surface area contributed by atoms with Crippen molar-refractivity contribution in [1.82, 2.24) is 19.6 Å². The van der Waals surface area contributed by atoms with Crippen LogP contribution < -0.4 is 0 Å². The predicted octanol–water partition coefficient (Wildman–Crippen LogP) is 7.53. The zero-order valence-electron chi connectivity index (χ0n) is 28.7. The van der Waals surface area contributed by atoms with Crippen molar-refractivity contribution < 1.29 is 27.1 Å². The number of likely N-dealkylation sites (tertiary alicyclic amines) is 1. The number of carbonyl (C=O) groups excluding carboxylic acids is 1. The fourth-order valence-corrected chi connectivity index (χ4v) is 7.61. The molecule has 2 aromatic carbocycles. The molecule has 0 radical (unpaired) electrons. The molecule has 0 spiro atoms. The summed E-state index contributed by atoms with van der Waals surface area (Å²) in [5.41, 5.74) is 4.15. The molecule has 2 atom stereocenters. The fourth-order valence-electron chi connectivity index (χ4n) is 7.43. The van der Waals surface area contributed by atoms with Crippen LogP contribution in [0.2, 0.25) is 5.02 Å². The van der Waals surface area contributed by atoms with Crippen LogP contribution >= 0.6 is 11.6 Å². The third kappa shape index (κ3) is 9.69. The third-order valence-corrected chi connectivity index (χ3v) is 10.2. The number of ether oxygens (including phenoxy) is 1. The average Bonchev–Trinajstić information content (AvgIpc) is 3.01. The Hall–Kier alpha value is -2.24. The van der Waals surface area contributed by atoms with E-state index in [0.29, 0.717) is 47.1 Å². The monoisotopic (exact) mass is 682 g/mol. The Morgan fingerprint density at radius 2 is 1.64 bits per heavy atom. The van der Waals surface area contributed by atoms with E-state index in [1.807, 2.05) is 30.1 Å². The van der Waals surface area contributed by atoms with Gasteiger partial charge in [-0.15, -0.1) is 0 Å². The van der Waals surface area contributed by atoms with Crippen LogP contribution in [0.5, 0.6) is 0 Å². The van der Waals surface area contributed by atoms with Crippen molar-refractivity contribution in [1.29, 1.82) is 0 Å². The van der Waals surface area contributed by atoms with Crippen molar-refractivity contribution in [3.05, 3.63) is 69.0 Å². The van der Waals surface area contributed by atoms with E-state index < -0.39 is 24.7 Å². The summed E-state index contributed by atoms with van der Waals surface area (Å²) in [5.74, 6) is -0.976. The van der Waals surface area contributed by atoms with Gasteiger partial charge in [-0.3, -0.25) is 19.6 Å². The number of nitrogens with zero attached hydrogens (tertiary/aromatic N) is 4. The van der Waals surface area contributed by atoms with E-state index >= 15 is 4.39 Å². The first-order chi connectivity index (χ1) is 22.2. The molecule has 2 fully saturated rings. The van der Waals surface area contributed by atoms with Crippen LogP contribution in [0.1, 0.15) is 85.9 Å². The van der Waals surface area contributed by atoms with Crippen LogP contribution in [-0.4, -0.2) is 104 Å². The summed E-state index contributed by atoms with van der Waals surface area (Å²) < 4.78 is 60.0. The number of benzene rings is 2. The highest BCUT2D eigenvalue weighted by atomic mass is 35.5. The van der Waals surface area contributed by atoms with Gasteiger partial charge in [0.2, 0.25) is 0 Å². The lowest BCUT2D eigenvalue weighted by atomic mass is 9.81. The Bertz CT molecular complexity index is 1340. The molecule has 262 valence electrons. The first-order valence-corrected chi connectivity index (χ1v) is 17.3. The number of piperazine rings is 1. The van der Waals surface area contributed by atoms with Crippen molar-refractivity contribution in [3.8, 4) is 0 Å². The van der Waals surface area contributed by atoms with E-state index in [1.165, 1.54) is 16.5 Å². The smallest absolute Gasteiger partial charge is 0.401 e. The zero-order chi connectivity index (χ0) is 34.5. The molecule has 47 heavy (non-hydrogen) atoms. The van der Waals surface area contributed by atoms with Crippen LogP contribution in [0, 0.1) is 19.7 Å². The van der Waals surface area contributed by atoms with Crippen LogP contribution in [0.3, 0.4) is 0 Å². The largest absolute Gasteiger partial charge is 0.465 e. The maximum Gasteiger partial charge on any atom is 0.401 e. The molecule has 2 heterocycles. The lowest BCUT2D eigenvalue weighted by Gasteiger charge is -2.42. The maximum absolute atomic E-state index is 15.1. The second-order valence-electron chi connectivity index (χ2n) is 13.4. The number of halogens is 5. The van der Waals surface area contributed by atoms with Gasteiger partial charge in [-0.2, -0.15) is 13.2 Å². The highest BCUT2D eigenvalue weighted by Gasteiger charge is 2.37. The van der Waals surface area contributed by atoms with E-state index in [1.54, 1.807) is 19.9 Å². The quantitative estimate of drug-likeness (QED) is 0.170. The van der Waals surface area contributed by atoms with E-state index in [2.05, 4.69) is 30.6 Å². The van der Waals surface area contributed by atoms with Crippen molar-refractivity contribution in [2.75, 3.05) is 66.0 Å². The molecule has 2 aliphatic rings. The molecule has 0 saturated carbocycles. The number of aryl methyl sites for hydroxylation is 1. The summed E-state index contributed by atoms with van der Waals surface area (Å²) >= 11 is 6.51. The second-order valence-corrected chi connectivity index (χ2v) is 13.9. The number of alkyl halides is 3. The lowest BCUT2D eigenvalue weighted by Crippen LogP contribution is -2.50. The Morgan fingerprint density at radius 3 is 2.23 bits per heavy atom. The summed E-state index contributed by atoms with van der Waals surface area (Å²) in [7, 11) is 1.90. The Balaban J connectivity index is 1.62. The van der Waals surface area contributed by atoms with E-state index in [9.17, 15) is 18.0 Å². The van der Waals surface area contributed by atoms with Gasteiger partial charge in [0.05, 0.1) is 13.2 Å². The van der Waals surface area contributed by atoms with Gasteiger partial charge in [0.15, 0.2) is 0 Å². The van der Waals surface area contributed by atoms with E-state index in [4.69, 9.17) is 16.3 Å². The van der Waals surface area contributed by atoms with Gasteiger partial charge in [0.25, 0.3) is 0 Å². The maximum atomic E-state index is 15.1. The molecular weight excluding hydrogens is 632 g/mol. The molecule has 2 saturated heterocycles. The minimum atomic E-state index is -4.27. The molecule has 6 nitrogen and oxygen atoms in total. The number of rotatable bonds is 12. The molecule has 1 unspecified atom stereocenters. The summed E-state index contributed by atoms with van der Waals surface area (Å²) in [5, 5.41) is 0.682. The van der Waals surface area contributed by atoms with Gasteiger partial charge in [-0.05, 0) is 126 Å². The average molecular weight is 683 g/mol. The number of hydrogen-bond donors (Lipinski definition) is 0. The fraction of sp³-hybridized carbons (Fsp3) is 0.639. The zero-order valence-corrected chi connectivity index (χ0v) is 29.4. The van der Waals surface area contributed by atoms with Gasteiger partial charge < -0.3 is 4.74 Å². The minimum absolute atomic E-state index is 0.0701. The van der Waals surface area contributed by atoms with Gasteiger partial charge >= 0.3 is 12.1 Å².